The van der Waals surface area contributed by atoms with Gasteiger partial charge in [-0.25, -0.2) is 4.79 Å². The molecule has 0 aliphatic heterocycles. The number of ether oxygens (including phenoxy) is 1. The maximum absolute atomic E-state index is 11.6. The highest BCUT2D eigenvalue weighted by molar-refractivity contribution is 7.08. The molecule has 0 radical (unpaired) electrons. The van der Waals surface area contributed by atoms with Crippen molar-refractivity contribution in [3.8, 4) is 11.3 Å². The number of esters is 1. The third-order valence-corrected chi connectivity index (χ3v) is 3.03. The molecule has 2 heterocycles. The van der Waals surface area contributed by atoms with Crippen molar-refractivity contribution in [3.05, 3.63) is 34.2 Å². The maximum Gasteiger partial charge on any atom is 0.339 e. The standard InChI is InChI=1S/C12H13NO2S/c1-3-15-12(14)10-6-11(13-8(10)2)9-4-5-16-7-9/h4-7,13H,3H2,1-2H3. The molecule has 0 atom stereocenters. The van der Waals surface area contributed by atoms with Gasteiger partial charge in [0, 0.05) is 22.3 Å². The lowest BCUT2D eigenvalue weighted by molar-refractivity contribution is 0.0526. The van der Waals surface area contributed by atoms with Crippen molar-refractivity contribution in [2.75, 3.05) is 6.61 Å². The van der Waals surface area contributed by atoms with Gasteiger partial charge in [-0.15, -0.1) is 0 Å². The summed E-state index contributed by atoms with van der Waals surface area (Å²) < 4.78 is 4.98. The average Bonchev–Trinajstić information content (AvgIpc) is 2.86. The zero-order valence-electron chi connectivity index (χ0n) is 9.24. The summed E-state index contributed by atoms with van der Waals surface area (Å²) in [7, 11) is 0. The zero-order valence-corrected chi connectivity index (χ0v) is 10.1. The van der Waals surface area contributed by atoms with E-state index in [0.717, 1.165) is 17.0 Å². The molecule has 0 saturated carbocycles. The van der Waals surface area contributed by atoms with Crippen LogP contribution in [0.25, 0.3) is 11.3 Å². The van der Waals surface area contributed by atoms with Gasteiger partial charge in [-0.1, -0.05) is 0 Å². The Balaban J connectivity index is 2.32. The number of rotatable bonds is 3. The summed E-state index contributed by atoms with van der Waals surface area (Å²) in [4.78, 5) is 14.8. The summed E-state index contributed by atoms with van der Waals surface area (Å²) in [6, 6.07) is 3.86. The van der Waals surface area contributed by atoms with E-state index < -0.39 is 0 Å². The summed E-state index contributed by atoms with van der Waals surface area (Å²) >= 11 is 1.63. The monoisotopic (exact) mass is 235 g/mol. The number of hydrogen-bond donors (Lipinski definition) is 1. The molecule has 0 spiro atoms. The molecular weight excluding hydrogens is 222 g/mol. The normalized spacial score (nSPS) is 10.4. The quantitative estimate of drug-likeness (QED) is 0.830. The molecule has 16 heavy (non-hydrogen) atoms. The molecule has 0 saturated heterocycles. The lowest BCUT2D eigenvalue weighted by Gasteiger charge is -1.98. The van der Waals surface area contributed by atoms with Crippen LogP contribution in [0.5, 0.6) is 0 Å². The van der Waals surface area contributed by atoms with E-state index in [0.29, 0.717) is 12.2 Å². The van der Waals surface area contributed by atoms with E-state index in [1.807, 2.05) is 29.8 Å². The summed E-state index contributed by atoms with van der Waals surface area (Å²) in [6.07, 6.45) is 0. The van der Waals surface area contributed by atoms with Crippen LogP contribution in [0.3, 0.4) is 0 Å². The van der Waals surface area contributed by atoms with Gasteiger partial charge in [0.15, 0.2) is 0 Å². The van der Waals surface area contributed by atoms with Crippen molar-refractivity contribution < 1.29 is 9.53 Å². The van der Waals surface area contributed by atoms with E-state index in [4.69, 9.17) is 4.74 Å². The Hall–Kier alpha value is -1.55. The Morgan fingerprint density at radius 3 is 3.00 bits per heavy atom. The number of carbonyl (C=O) groups is 1. The molecule has 84 valence electrons. The number of aromatic amines is 1. The molecule has 0 fully saturated rings. The first-order chi connectivity index (χ1) is 7.72. The van der Waals surface area contributed by atoms with Gasteiger partial charge in [-0.3, -0.25) is 0 Å². The molecule has 2 rings (SSSR count). The fraction of sp³-hybridized carbons (Fsp3) is 0.250. The highest BCUT2D eigenvalue weighted by Crippen LogP contribution is 2.24. The second-order valence-electron chi connectivity index (χ2n) is 3.45. The fourth-order valence-corrected chi connectivity index (χ4v) is 2.21. The third-order valence-electron chi connectivity index (χ3n) is 2.34. The van der Waals surface area contributed by atoms with Gasteiger partial charge in [0.25, 0.3) is 0 Å². The topological polar surface area (TPSA) is 42.1 Å². The Morgan fingerprint density at radius 2 is 2.38 bits per heavy atom. The summed E-state index contributed by atoms with van der Waals surface area (Å²) in [5.41, 5.74) is 3.52. The first kappa shape index (κ1) is 11.0. The van der Waals surface area contributed by atoms with Crippen molar-refractivity contribution in [3.63, 3.8) is 0 Å². The number of H-pyrrole nitrogens is 1. The van der Waals surface area contributed by atoms with Crippen molar-refractivity contribution in [2.45, 2.75) is 13.8 Å². The number of carbonyl (C=O) groups excluding carboxylic acids is 1. The molecule has 0 unspecified atom stereocenters. The van der Waals surface area contributed by atoms with E-state index in [1.165, 1.54) is 0 Å². The zero-order chi connectivity index (χ0) is 11.5. The van der Waals surface area contributed by atoms with E-state index in [2.05, 4.69) is 4.98 Å². The second-order valence-corrected chi connectivity index (χ2v) is 4.23. The van der Waals surface area contributed by atoms with Gasteiger partial charge in [-0.2, -0.15) is 11.3 Å². The predicted octanol–water partition coefficient (Wildman–Crippen LogP) is 3.23. The van der Waals surface area contributed by atoms with E-state index >= 15 is 0 Å². The average molecular weight is 235 g/mol. The van der Waals surface area contributed by atoms with Crippen molar-refractivity contribution >= 4 is 17.3 Å². The van der Waals surface area contributed by atoms with Crippen molar-refractivity contribution in [1.29, 1.82) is 0 Å². The van der Waals surface area contributed by atoms with Crippen LogP contribution in [-0.2, 0) is 4.74 Å². The fourth-order valence-electron chi connectivity index (χ4n) is 1.55. The second kappa shape index (κ2) is 4.53. The molecule has 0 aliphatic rings. The van der Waals surface area contributed by atoms with Gasteiger partial charge < -0.3 is 9.72 Å². The minimum absolute atomic E-state index is 0.266. The van der Waals surface area contributed by atoms with Crippen LogP contribution in [0.1, 0.15) is 23.0 Å². The van der Waals surface area contributed by atoms with Crippen LogP contribution in [0.15, 0.2) is 22.9 Å². The van der Waals surface area contributed by atoms with Gasteiger partial charge in [0.05, 0.1) is 12.2 Å². The van der Waals surface area contributed by atoms with Gasteiger partial charge >= 0.3 is 5.97 Å². The molecule has 0 amide bonds. The number of aromatic nitrogens is 1. The molecule has 4 heteroatoms. The molecule has 0 aromatic carbocycles. The predicted molar refractivity (Wildman–Crippen MR) is 64.8 cm³/mol. The summed E-state index contributed by atoms with van der Waals surface area (Å²) in [6.45, 7) is 4.08. The van der Waals surface area contributed by atoms with Crippen LogP contribution in [0, 0.1) is 6.92 Å². The Kier molecular flexibility index (Phi) is 3.10. The Morgan fingerprint density at radius 1 is 1.56 bits per heavy atom. The number of aryl methyl sites for hydroxylation is 1. The molecule has 3 nitrogen and oxygen atoms in total. The molecule has 1 N–H and O–H groups in total. The summed E-state index contributed by atoms with van der Waals surface area (Å²) in [5.74, 6) is -0.266. The smallest absolute Gasteiger partial charge is 0.339 e. The van der Waals surface area contributed by atoms with Crippen LogP contribution in [-0.4, -0.2) is 17.6 Å². The van der Waals surface area contributed by atoms with Crippen LogP contribution < -0.4 is 0 Å². The molecule has 2 aromatic rings. The largest absolute Gasteiger partial charge is 0.462 e. The molecule has 0 aliphatic carbocycles. The first-order valence-electron chi connectivity index (χ1n) is 5.11. The van der Waals surface area contributed by atoms with Crippen molar-refractivity contribution in [2.24, 2.45) is 0 Å². The van der Waals surface area contributed by atoms with Gasteiger partial charge in [0.1, 0.15) is 0 Å². The molecule has 2 aromatic heterocycles. The Labute approximate surface area is 98.1 Å². The maximum atomic E-state index is 11.6. The van der Waals surface area contributed by atoms with E-state index in [-0.39, 0.29) is 5.97 Å². The molecule has 0 bridgehead atoms. The van der Waals surface area contributed by atoms with Crippen molar-refractivity contribution in [1.82, 2.24) is 4.98 Å². The highest BCUT2D eigenvalue weighted by Gasteiger charge is 2.14. The minimum Gasteiger partial charge on any atom is -0.462 e. The van der Waals surface area contributed by atoms with Crippen LogP contribution >= 0.6 is 11.3 Å². The van der Waals surface area contributed by atoms with Gasteiger partial charge in [-0.05, 0) is 31.4 Å². The number of nitrogens with one attached hydrogen (secondary N) is 1. The minimum atomic E-state index is -0.266. The number of thiophene rings is 1. The highest BCUT2D eigenvalue weighted by atomic mass is 32.1. The van der Waals surface area contributed by atoms with Gasteiger partial charge in [0.2, 0.25) is 0 Å². The SMILES string of the molecule is CCOC(=O)c1cc(-c2ccsc2)[nH]c1C. The Bertz CT molecular complexity index is 485. The van der Waals surface area contributed by atoms with E-state index in [9.17, 15) is 4.79 Å². The first-order valence-corrected chi connectivity index (χ1v) is 6.06. The number of hydrogen-bond acceptors (Lipinski definition) is 3. The lowest BCUT2D eigenvalue weighted by Crippen LogP contribution is -2.04. The van der Waals surface area contributed by atoms with Crippen LogP contribution in [0.2, 0.25) is 0 Å². The molecular formula is C12H13NO2S. The third kappa shape index (κ3) is 2.02. The lowest BCUT2D eigenvalue weighted by atomic mass is 10.2. The van der Waals surface area contributed by atoms with Crippen LogP contribution in [0.4, 0.5) is 0 Å². The van der Waals surface area contributed by atoms with E-state index in [1.54, 1.807) is 18.3 Å². The summed E-state index contributed by atoms with van der Waals surface area (Å²) in [5, 5.41) is 4.05.